The highest BCUT2D eigenvalue weighted by Gasteiger charge is 2.24. The van der Waals surface area contributed by atoms with E-state index in [2.05, 4.69) is 20.2 Å². The van der Waals surface area contributed by atoms with Crippen LogP contribution in [0, 0.1) is 0 Å². The molecule has 1 saturated heterocycles. The highest BCUT2D eigenvalue weighted by molar-refractivity contribution is 5.96. The maximum absolute atomic E-state index is 12.4. The van der Waals surface area contributed by atoms with E-state index in [9.17, 15) is 9.59 Å². The Morgan fingerprint density at radius 2 is 1.83 bits per heavy atom. The first-order valence-corrected chi connectivity index (χ1v) is 10.0. The van der Waals surface area contributed by atoms with Crippen molar-refractivity contribution < 1.29 is 14.3 Å². The predicted molar refractivity (Wildman–Crippen MR) is 108 cm³/mol. The lowest BCUT2D eigenvalue weighted by Gasteiger charge is -2.35. The Morgan fingerprint density at radius 1 is 1.07 bits per heavy atom. The van der Waals surface area contributed by atoms with Crippen molar-refractivity contribution in [3.05, 3.63) is 48.3 Å². The Morgan fingerprint density at radius 3 is 2.52 bits per heavy atom. The fraction of sp³-hybridized carbons (Fsp3) is 0.429. The van der Waals surface area contributed by atoms with Crippen LogP contribution in [-0.2, 0) is 4.79 Å². The van der Waals surface area contributed by atoms with Gasteiger partial charge < -0.3 is 19.9 Å². The van der Waals surface area contributed by atoms with Crippen LogP contribution in [0.2, 0.25) is 0 Å². The molecule has 152 valence electrons. The standard InChI is InChI=1S/C21H25N5O3/c27-20(14-22-21(28)16-5-2-1-3-6-16)26-11-9-25(10-12-26)18-13-19(24-15-23-18)29-17-7-4-8-17/h1-3,5-6,13,15,17H,4,7-12,14H2,(H,22,28). The van der Waals surface area contributed by atoms with Gasteiger partial charge in [-0.3, -0.25) is 9.59 Å². The van der Waals surface area contributed by atoms with Crippen LogP contribution in [0.25, 0.3) is 0 Å². The summed E-state index contributed by atoms with van der Waals surface area (Å²) in [6, 6.07) is 10.8. The minimum atomic E-state index is -0.238. The van der Waals surface area contributed by atoms with Gasteiger partial charge in [0.1, 0.15) is 18.2 Å². The first-order chi connectivity index (χ1) is 14.2. The number of carbonyl (C=O) groups is 2. The predicted octanol–water partition coefficient (Wildman–Crippen LogP) is 1.49. The fourth-order valence-corrected chi connectivity index (χ4v) is 3.37. The molecule has 1 aromatic carbocycles. The number of rotatable bonds is 6. The second-order valence-corrected chi connectivity index (χ2v) is 7.30. The first kappa shape index (κ1) is 19.2. The van der Waals surface area contributed by atoms with Crippen LogP contribution < -0.4 is 15.0 Å². The van der Waals surface area contributed by atoms with E-state index in [4.69, 9.17) is 4.74 Å². The van der Waals surface area contributed by atoms with E-state index >= 15 is 0 Å². The molecule has 4 rings (SSSR count). The van der Waals surface area contributed by atoms with Crippen LogP contribution >= 0.6 is 0 Å². The third-order valence-electron chi connectivity index (χ3n) is 5.36. The average molecular weight is 395 g/mol. The largest absolute Gasteiger partial charge is 0.474 e. The topological polar surface area (TPSA) is 87.7 Å². The van der Waals surface area contributed by atoms with Crippen molar-refractivity contribution in [1.82, 2.24) is 20.2 Å². The van der Waals surface area contributed by atoms with Gasteiger partial charge in [-0.2, -0.15) is 0 Å². The summed E-state index contributed by atoms with van der Waals surface area (Å²) in [4.78, 5) is 37.0. The summed E-state index contributed by atoms with van der Waals surface area (Å²) in [5.41, 5.74) is 0.550. The number of hydrogen-bond donors (Lipinski definition) is 1. The van der Waals surface area contributed by atoms with Crippen LogP contribution in [0.5, 0.6) is 5.88 Å². The molecule has 0 bridgehead atoms. The van der Waals surface area contributed by atoms with Crippen LogP contribution in [-0.4, -0.2) is 65.5 Å². The molecule has 0 unspecified atom stereocenters. The number of hydrogen-bond acceptors (Lipinski definition) is 6. The van der Waals surface area contributed by atoms with Crippen LogP contribution in [0.3, 0.4) is 0 Å². The number of nitrogens with zero attached hydrogens (tertiary/aromatic N) is 4. The smallest absolute Gasteiger partial charge is 0.251 e. The minimum absolute atomic E-state index is 0.000606. The zero-order valence-electron chi connectivity index (χ0n) is 16.3. The van der Waals surface area contributed by atoms with E-state index in [1.807, 2.05) is 12.1 Å². The molecule has 1 aromatic heterocycles. The zero-order valence-corrected chi connectivity index (χ0v) is 16.3. The molecule has 2 aliphatic rings. The summed E-state index contributed by atoms with van der Waals surface area (Å²) in [7, 11) is 0. The van der Waals surface area contributed by atoms with E-state index in [1.54, 1.807) is 29.2 Å². The highest BCUT2D eigenvalue weighted by Crippen LogP contribution is 2.25. The maximum Gasteiger partial charge on any atom is 0.251 e. The van der Waals surface area contributed by atoms with E-state index in [0.29, 0.717) is 37.6 Å². The fourth-order valence-electron chi connectivity index (χ4n) is 3.37. The van der Waals surface area contributed by atoms with Gasteiger partial charge in [0, 0.05) is 37.8 Å². The number of aromatic nitrogens is 2. The number of anilines is 1. The lowest BCUT2D eigenvalue weighted by Crippen LogP contribution is -2.51. The molecule has 8 heteroatoms. The summed E-state index contributed by atoms with van der Waals surface area (Å²) < 4.78 is 5.85. The lowest BCUT2D eigenvalue weighted by atomic mass is 9.96. The monoisotopic (exact) mass is 395 g/mol. The molecule has 1 N–H and O–H groups in total. The third kappa shape index (κ3) is 4.82. The van der Waals surface area contributed by atoms with E-state index in [1.165, 1.54) is 12.7 Å². The molecule has 1 aliphatic carbocycles. The van der Waals surface area contributed by atoms with Gasteiger partial charge >= 0.3 is 0 Å². The molecule has 2 amide bonds. The SMILES string of the molecule is O=C(NCC(=O)N1CCN(c2cc(OC3CCC3)ncn2)CC1)c1ccccc1. The summed E-state index contributed by atoms with van der Waals surface area (Å²) in [5.74, 6) is 1.11. The normalized spacial score (nSPS) is 16.8. The molecule has 0 spiro atoms. The van der Waals surface area contributed by atoms with E-state index < -0.39 is 0 Å². The van der Waals surface area contributed by atoms with Crippen molar-refractivity contribution in [3.63, 3.8) is 0 Å². The summed E-state index contributed by atoms with van der Waals surface area (Å²) in [6.45, 7) is 2.53. The summed E-state index contributed by atoms with van der Waals surface area (Å²) >= 11 is 0. The third-order valence-corrected chi connectivity index (χ3v) is 5.36. The number of ether oxygens (including phenoxy) is 1. The minimum Gasteiger partial charge on any atom is -0.474 e. The average Bonchev–Trinajstić information content (AvgIpc) is 2.75. The van der Waals surface area contributed by atoms with Crippen molar-refractivity contribution in [3.8, 4) is 5.88 Å². The molecule has 1 aliphatic heterocycles. The van der Waals surface area contributed by atoms with E-state index in [0.717, 1.165) is 18.7 Å². The van der Waals surface area contributed by atoms with Crippen molar-refractivity contribution in [2.75, 3.05) is 37.6 Å². The number of piperazine rings is 1. The molecule has 8 nitrogen and oxygen atoms in total. The Bertz CT molecular complexity index is 848. The zero-order chi connectivity index (χ0) is 20.1. The van der Waals surface area contributed by atoms with Gasteiger partial charge in [0.25, 0.3) is 5.91 Å². The van der Waals surface area contributed by atoms with Crippen molar-refractivity contribution in [1.29, 1.82) is 0 Å². The van der Waals surface area contributed by atoms with Gasteiger partial charge in [-0.15, -0.1) is 0 Å². The van der Waals surface area contributed by atoms with Crippen LogP contribution in [0.4, 0.5) is 5.82 Å². The second-order valence-electron chi connectivity index (χ2n) is 7.30. The van der Waals surface area contributed by atoms with Gasteiger partial charge in [0.2, 0.25) is 11.8 Å². The molecule has 2 heterocycles. The number of benzene rings is 1. The van der Waals surface area contributed by atoms with Crippen LogP contribution in [0.1, 0.15) is 29.6 Å². The Kier molecular flexibility index (Phi) is 5.88. The molecule has 0 atom stereocenters. The van der Waals surface area contributed by atoms with Gasteiger partial charge in [-0.1, -0.05) is 18.2 Å². The van der Waals surface area contributed by atoms with Crippen molar-refractivity contribution in [2.24, 2.45) is 0 Å². The lowest BCUT2D eigenvalue weighted by molar-refractivity contribution is -0.130. The molecular formula is C21H25N5O3. The van der Waals surface area contributed by atoms with E-state index in [-0.39, 0.29) is 24.5 Å². The molecule has 0 radical (unpaired) electrons. The van der Waals surface area contributed by atoms with Crippen LogP contribution in [0.15, 0.2) is 42.7 Å². The summed E-state index contributed by atoms with van der Waals surface area (Å²) in [6.07, 6.45) is 5.19. The first-order valence-electron chi connectivity index (χ1n) is 10.0. The maximum atomic E-state index is 12.4. The quantitative estimate of drug-likeness (QED) is 0.797. The number of carbonyl (C=O) groups excluding carboxylic acids is 2. The summed E-state index contributed by atoms with van der Waals surface area (Å²) in [5, 5.41) is 2.69. The van der Waals surface area contributed by atoms with Crippen molar-refractivity contribution >= 4 is 17.6 Å². The van der Waals surface area contributed by atoms with Gasteiger partial charge in [-0.05, 0) is 31.4 Å². The Labute approximate surface area is 169 Å². The Hall–Kier alpha value is -3.16. The molecule has 1 saturated carbocycles. The molecular weight excluding hydrogens is 370 g/mol. The van der Waals surface area contributed by atoms with Gasteiger partial charge in [0.05, 0.1) is 6.54 Å². The second kappa shape index (κ2) is 8.89. The number of amides is 2. The number of nitrogens with one attached hydrogen (secondary N) is 1. The molecule has 2 fully saturated rings. The van der Waals surface area contributed by atoms with Gasteiger partial charge in [-0.25, -0.2) is 9.97 Å². The van der Waals surface area contributed by atoms with Gasteiger partial charge in [0.15, 0.2) is 0 Å². The van der Waals surface area contributed by atoms with Crippen molar-refractivity contribution in [2.45, 2.75) is 25.4 Å². The molecule has 2 aromatic rings. The molecule has 29 heavy (non-hydrogen) atoms. The Balaban J connectivity index is 1.25. The highest BCUT2D eigenvalue weighted by atomic mass is 16.5.